The molecule has 0 aliphatic heterocycles. The zero-order valence-corrected chi connectivity index (χ0v) is 9.36. The minimum atomic E-state index is 0.350. The summed E-state index contributed by atoms with van der Waals surface area (Å²) >= 11 is 5.79. The second kappa shape index (κ2) is 2.70. The van der Waals surface area contributed by atoms with E-state index >= 15 is 0 Å². The molecule has 4 nitrogen and oxygen atoms in total. The number of aromatic nitrogens is 4. The predicted octanol–water partition coefficient (Wildman–Crippen LogP) is 2.29. The Kier molecular flexibility index (Phi) is 1.63. The van der Waals surface area contributed by atoms with Gasteiger partial charge in [0.05, 0.1) is 0 Å². The van der Waals surface area contributed by atoms with Gasteiger partial charge in [0.15, 0.2) is 5.65 Å². The van der Waals surface area contributed by atoms with Crippen molar-refractivity contribution in [2.75, 3.05) is 0 Å². The quantitative estimate of drug-likeness (QED) is 0.696. The molecule has 0 radical (unpaired) electrons. The minimum absolute atomic E-state index is 0.350. The van der Waals surface area contributed by atoms with E-state index in [2.05, 4.69) is 29.0 Å². The first-order valence-corrected chi connectivity index (χ1v) is 5.32. The van der Waals surface area contributed by atoms with Gasteiger partial charge in [-0.2, -0.15) is 0 Å². The van der Waals surface area contributed by atoms with Crippen LogP contribution in [-0.2, 0) is 0 Å². The average Bonchev–Trinajstić information content (AvgIpc) is 2.63. The average molecular weight is 223 g/mol. The van der Waals surface area contributed by atoms with Crippen molar-refractivity contribution in [3.63, 3.8) is 0 Å². The maximum atomic E-state index is 5.79. The highest BCUT2D eigenvalue weighted by Gasteiger charge is 2.49. The second-order valence-corrected chi connectivity index (χ2v) is 5.13. The zero-order chi connectivity index (χ0) is 10.6. The molecule has 78 valence electrons. The van der Waals surface area contributed by atoms with Gasteiger partial charge in [0, 0.05) is 12.0 Å². The van der Waals surface area contributed by atoms with E-state index in [-0.39, 0.29) is 0 Å². The maximum Gasteiger partial charge on any atom is 0.165 e. The van der Waals surface area contributed by atoms with Gasteiger partial charge in [-0.3, -0.25) is 4.40 Å². The van der Waals surface area contributed by atoms with E-state index in [1.165, 1.54) is 0 Å². The van der Waals surface area contributed by atoms with Gasteiger partial charge < -0.3 is 0 Å². The molecule has 0 amide bonds. The van der Waals surface area contributed by atoms with Crippen molar-refractivity contribution >= 4 is 17.2 Å². The first-order valence-electron chi connectivity index (χ1n) is 4.94. The normalized spacial score (nSPS) is 23.3. The van der Waals surface area contributed by atoms with Crippen molar-refractivity contribution in [3.8, 4) is 0 Å². The lowest BCUT2D eigenvalue weighted by molar-refractivity contribution is 0.605. The maximum absolute atomic E-state index is 5.79. The fraction of sp³-hybridized carbons (Fsp3) is 0.500. The molecule has 1 unspecified atom stereocenters. The van der Waals surface area contributed by atoms with Crippen LogP contribution in [0.1, 0.15) is 32.0 Å². The molecule has 0 spiro atoms. The third kappa shape index (κ3) is 1.32. The SMILES string of the molecule is CC1(C)CC1c1nnc2cc(Cl)ncn12. The van der Waals surface area contributed by atoms with Crippen LogP contribution in [0.4, 0.5) is 0 Å². The predicted molar refractivity (Wildman–Crippen MR) is 56.9 cm³/mol. The van der Waals surface area contributed by atoms with Gasteiger partial charge in [-0.25, -0.2) is 4.98 Å². The molecule has 0 aromatic carbocycles. The molecule has 1 fully saturated rings. The van der Waals surface area contributed by atoms with E-state index in [9.17, 15) is 0 Å². The van der Waals surface area contributed by atoms with Gasteiger partial charge in [0.25, 0.3) is 0 Å². The molecule has 15 heavy (non-hydrogen) atoms. The lowest BCUT2D eigenvalue weighted by atomic mass is 10.1. The van der Waals surface area contributed by atoms with Crippen LogP contribution in [0, 0.1) is 5.41 Å². The summed E-state index contributed by atoms with van der Waals surface area (Å²) in [6.45, 7) is 4.48. The third-order valence-electron chi connectivity index (χ3n) is 3.12. The molecule has 3 rings (SSSR count). The molecule has 0 N–H and O–H groups in total. The Morgan fingerprint density at radius 1 is 1.47 bits per heavy atom. The Hall–Kier alpha value is -1.16. The molecule has 2 heterocycles. The fourth-order valence-electron chi connectivity index (χ4n) is 1.94. The molecule has 1 aliphatic rings. The summed E-state index contributed by atoms with van der Waals surface area (Å²) in [6.07, 6.45) is 2.86. The number of nitrogens with zero attached hydrogens (tertiary/aromatic N) is 4. The lowest BCUT2D eigenvalue weighted by Gasteiger charge is -2.01. The van der Waals surface area contributed by atoms with Crippen LogP contribution in [0.3, 0.4) is 0 Å². The van der Waals surface area contributed by atoms with Crippen LogP contribution in [-0.4, -0.2) is 19.6 Å². The monoisotopic (exact) mass is 222 g/mol. The number of hydrogen-bond donors (Lipinski definition) is 0. The Balaban J connectivity index is 2.14. The summed E-state index contributed by atoms with van der Waals surface area (Å²) < 4.78 is 1.92. The van der Waals surface area contributed by atoms with Crippen LogP contribution in [0.2, 0.25) is 5.15 Å². The summed E-state index contributed by atoms with van der Waals surface area (Å²) in [6, 6.07) is 1.73. The topological polar surface area (TPSA) is 43.1 Å². The largest absolute Gasteiger partial charge is 0.269 e. The van der Waals surface area contributed by atoms with Crippen molar-refractivity contribution < 1.29 is 0 Å². The molecular formula is C10H11ClN4. The second-order valence-electron chi connectivity index (χ2n) is 4.74. The van der Waals surface area contributed by atoms with Gasteiger partial charge in [-0.05, 0) is 11.8 Å². The van der Waals surface area contributed by atoms with Gasteiger partial charge in [0.2, 0.25) is 0 Å². The van der Waals surface area contributed by atoms with Crippen molar-refractivity contribution in [2.45, 2.75) is 26.2 Å². The zero-order valence-electron chi connectivity index (χ0n) is 8.61. The smallest absolute Gasteiger partial charge is 0.165 e. The van der Waals surface area contributed by atoms with Gasteiger partial charge >= 0.3 is 0 Å². The summed E-state index contributed by atoms with van der Waals surface area (Å²) in [5.41, 5.74) is 1.12. The summed E-state index contributed by atoms with van der Waals surface area (Å²) in [7, 11) is 0. The molecule has 1 aliphatic carbocycles. The summed E-state index contributed by atoms with van der Waals surface area (Å²) in [5.74, 6) is 1.50. The Morgan fingerprint density at radius 2 is 2.20 bits per heavy atom. The van der Waals surface area contributed by atoms with E-state index in [0.717, 1.165) is 17.9 Å². The van der Waals surface area contributed by atoms with Gasteiger partial charge in [0.1, 0.15) is 17.3 Å². The highest BCUT2D eigenvalue weighted by Crippen LogP contribution is 2.57. The Bertz CT molecular complexity index is 531. The van der Waals surface area contributed by atoms with Gasteiger partial charge in [-0.15, -0.1) is 10.2 Å². The number of fused-ring (bicyclic) bond motifs is 1. The van der Waals surface area contributed by atoms with Crippen LogP contribution < -0.4 is 0 Å². The number of hydrogen-bond acceptors (Lipinski definition) is 3. The van der Waals surface area contributed by atoms with Crippen molar-refractivity contribution in [3.05, 3.63) is 23.4 Å². The fourth-order valence-corrected chi connectivity index (χ4v) is 2.08. The lowest BCUT2D eigenvalue weighted by Crippen LogP contribution is -1.97. The number of halogens is 1. The molecular weight excluding hydrogens is 212 g/mol. The van der Waals surface area contributed by atoms with Crippen LogP contribution >= 0.6 is 11.6 Å². The molecule has 0 bridgehead atoms. The van der Waals surface area contributed by atoms with E-state index in [1.807, 2.05) is 4.40 Å². The van der Waals surface area contributed by atoms with Gasteiger partial charge in [-0.1, -0.05) is 25.4 Å². The van der Waals surface area contributed by atoms with Crippen molar-refractivity contribution in [1.29, 1.82) is 0 Å². The van der Waals surface area contributed by atoms with E-state index in [4.69, 9.17) is 11.6 Å². The third-order valence-corrected chi connectivity index (χ3v) is 3.33. The molecule has 0 saturated heterocycles. The van der Waals surface area contributed by atoms with Crippen LogP contribution in [0.25, 0.3) is 5.65 Å². The Labute approximate surface area is 92.3 Å². The molecule has 2 aromatic rings. The first kappa shape index (κ1) is 9.09. The molecule has 1 saturated carbocycles. The highest BCUT2D eigenvalue weighted by atomic mass is 35.5. The highest BCUT2D eigenvalue weighted by molar-refractivity contribution is 6.29. The first-order chi connectivity index (χ1) is 7.08. The molecule has 1 atom stereocenters. The number of rotatable bonds is 1. The van der Waals surface area contributed by atoms with Crippen molar-refractivity contribution in [2.24, 2.45) is 5.41 Å². The molecule has 2 aromatic heterocycles. The van der Waals surface area contributed by atoms with E-state index < -0.39 is 0 Å². The summed E-state index contributed by atoms with van der Waals surface area (Å²) in [5, 5.41) is 8.76. The minimum Gasteiger partial charge on any atom is -0.269 e. The van der Waals surface area contributed by atoms with Crippen molar-refractivity contribution in [1.82, 2.24) is 19.6 Å². The van der Waals surface area contributed by atoms with E-state index in [1.54, 1.807) is 12.4 Å². The Morgan fingerprint density at radius 3 is 2.87 bits per heavy atom. The molecule has 5 heteroatoms. The van der Waals surface area contributed by atoms with E-state index in [0.29, 0.717) is 16.5 Å². The standard InChI is InChI=1S/C10H11ClN4/c1-10(2)4-6(10)9-14-13-8-3-7(11)12-5-15(8)9/h3,5-6H,4H2,1-2H3. The van der Waals surface area contributed by atoms with Crippen LogP contribution in [0.5, 0.6) is 0 Å². The summed E-state index contributed by atoms with van der Waals surface area (Å²) in [4.78, 5) is 4.05. The van der Waals surface area contributed by atoms with Crippen LogP contribution in [0.15, 0.2) is 12.4 Å².